The molecule has 44 valence electrons. The number of nitrogens with one attached hydrogen (secondary N) is 1. The number of carbonyl (C=O) groups excluding carboxylic acids is 1. The Morgan fingerprint density at radius 1 is 1.88 bits per heavy atom. The lowest BCUT2D eigenvalue weighted by Crippen LogP contribution is -2.23. The highest BCUT2D eigenvalue weighted by molar-refractivity contribution is 5.84. The van der Waals surface area contributed by atoms with Gasteiger partial charge < -0.3 is 4.74 Å². The van der Waals surface area contributed by atoms with Crippen LogP contribution in [0.15, 0.2) is 12.2 Å². The van der Waals surface area contributed by atoms with Gasteiger partial charge in [0.2, 0.25) is 0 Å². The van der Waals surface area contributed by atoms with Crippen LogP contribution in [-0.4, -0.2) is 19.2 Å². The average molecular weight is 113 g/mol. The normalized spacial score (nSPS) is 26.1. The van der Waals surface area contributed by atoms with Crippen molar-refractivity contribution < 1.29 is 9.53 Å². The lowest BCUT2D eigenvalue weighted by atomic mass is 10.5. The van der Waals surface area contributed by atoms with Gasteiger partial charge in [0.05, 0.1) is 0 Å². The van der Waals surface area contributed by atoms with Gasteiger partial charge in [-0.1, -0.05) is 0 Å². The lowest BCUT2D eigenvalue weighted by Gasteiger charge is -2.03. The van der Waals surface area contributed by atoms with Crippen LogP contribution in [0.4, 0.5) is 0 Å². The van der Waals surface area contributed by atoms with E-state index in [4.69, 9.17) is 0 Å². The van der Waals surface area contributed by atoms with E-state index in [1.54, 1.807) is 13.1 Å². The summed E-state index contributed by atoms with van der Waals surface area (Å²) in [6.07, 6.45) is 2.87. The Kier molecular flexibility index (Phi) is 1.30. The summed E-state index contributed by atoms with van der Waals surface area (Å²) in [5.74, 6) is -0.274. The number of hydrogen-bond donors (Lipinski definition) is 1. The summed E-state index contributed by atoms with van der Waals surface area (Å²) in [7, 11) is 1.73. The van der Waals surface area contributed by atoms with Gasteiger partial charge in [0.1, 0.15) is 0 Å². The van der Waals surface area contributed by atoms with Crippen molar-refractivity contribution in [2.75, 3.05) is 7.05 Å². The molecular formula is C5H7NO2. The van der Waals surface area contributed by atoms with Crippen LogP contribution in [-0.2, 0) is 9.53 Å². The molecule has 0 unspecified atom stereocenters. The van der Waals surface area contributed by atoms with Crippen molar-refractivity contribution in [2.45, 2.75) is 6.23 Å². The summed E-state index contributed by atoms with van der Waals surface area (Å²) >= 11 is 0. The van der Waals surface area contributed by atoms with Crippen LogP contribution in [0.1, 0.15) is 0 Å². The Hall–Kier alpha value is -0.830. The zero-order chi connectivity index (χ0) is 5.98. The Balaban J connectivity index is 2.46. The van der Waals surface area contributed by atoms with Gasteiger partial charge in [0.15, 0.2) is 6.23 Å². The molecule has 1 atom stereocenters. The van der Waals surface area contributed by atoms with Crippen molar-refractivity contribution in [2.24, 2.45) is 0 Å². The second kappa shape index (κ2) is 1.96. The molecule has 1 N–H and O–H groups in total. The molecule has 1 rings (SSSR count). The van der Waals surface area contributed by atoms with Crippen molar-refractivity contribution in [1.29, 1.82) is 0 Å². The van der Waals surface area contributed by atoms with E-state index in [9.17, 15) is 4.79 Å². The molecule has 0 radical (unpaired) electrons. The van der Waals surface area contributed by atoms with E-state index in [1.165, 1.54) is 6.08 Å². The molecule has 0 bridgehead atoms. The van der Waals surface area contributed by atoms with Crippen LogP contribution >= 0.6 is 0 Å². The number of ether oxygens (including phenoxy) is 1. The topological polar surface area (TPSA) is 38.3 Å². The summed E-state index contributed by atoms with van der Waals surface area (Å²) in [6.45, 7) is 0. The predicted octanol–water partition coefficient (Wildman–Crippen LogP) is -0.355. The molecule has 0 aromatic rings. The van der Waals surface area contributed by atoms with Crippen molar-refractivity contribution >= 4 is 5.97 Å². The monoisotopic (exact) mass is 113 g/mol. The Morgan fingerprint density at radius 2 is 2.62 bits per heavy atom. The molecule has 8 heavy (non-hydrogen) atoms. The third-order valence-corrected chi connectivity index (χ3v) is 0.935. The molecule has 0 amide bonds. The highest BCUT2D eigenvalue weighted by Gasteiger charge is 2.12. The van der Waals surface area contributed by atoms with Gasteiger partial charge >= 0.3 is 5.97 Å². The van der Waals surface area contributed by atoms with Crippen molar-refractivity contribution in [3.05, 3.63) is 12.2 Å². The van der Waals surface area contributed by atoms with E-state index in [1.807, 2.05) is 0 Å². The SMILES string of the molecule is CN[C@H]1C=CC(=O)O1. The molecule has 0 saturated heterocycles. The minimum Gasteiger partial charge on any atom is -0.440 e. The summed E-state index contributed by atoms with van der Waals surface area (Å²) in [6, 6.07) is 0. The summed E-state index contributed by atoms with van der Waals surface area (Å²) < 4.78 is 4.65. The lowest BCUT2D eigenvalue weighted by molar-refractivity contribution is -0.139. The molecule has 1 heterocycles. The van der Waals surface area contributed by atoms with Crippen molar-refractivity contribution in [3.63, 3.8) is 0 Å². The maximum absolute atomic E-state index is 10.3. The zero-order valence-corrected chi connectivity index (χ0v) is 4.55. The van der Waals surface area contributed by atoms with Gasteiger partial charge in [-0.05, 0) is 13.1 Å². The quantitative estimate of drug-likeness (QED) is 0.472. The zero-order valence-electron chi connectivity index (χ0n) is 4.55. The number of hydrogen-bond acceptors (Lipinski definition) is 3. The van der Waals surface area contributed by atoms with E-state index in [-0.39, 0.29) is 12.2 Å². The first-order chi connectivity index (χ1) is 3.83. The first-order valence-electron chi connectivity index (χ1n) is 2.39. The third-order valence-electron chi connectivity index (χ3n) is 0.935. The van der Waals surface area contributed by atoms with Crippen LogP contribution in [0.25, 0.3) is 0 Å². The highest BCUT2D eigenvalue weighted by atomic mass is 16.6. The molecule has 3 heteroatoms. The molecule has 0 fully saturated rings. The summed E-state index contributed by atoms with van der Waals surface area (Å²) in [5.41, 5.74) is 0. The first kappa shape index (κ1) is 5.31. The fourth-order valence-corrected chi connectivity index (χ4v) is 0.525. The molecule has 0 aromatic heterocycles. The first-order valence-corrected chi connectivity index (χ1v) is 2.39. The van der Waals surface area contributed by atoms with Crippen LogP contribution in [0, 0.1) is 0 Å². The van der Waals surface area contributed by atoms with Crippen LogP contribution < -0.4 is 5.32 Å². The van der Waals surface area contributed by atoms with Gasteiger partial charge in [-0.15, -0.1) is 0 Å². The third kappa shape index (κ3) is 0.869. The maximum Gasteiger partial charge on any atom is 0.332 e. The van der Waals surface area contributed by atoms with Crippen molar-refractivity contribution in [3.8, 4) is 0 Å². The Labute approximate surface area is 47.3 Å². The summed E-state index contributed by atoms with van der Waals surface area (Å²) in [5, 5.41) is 2.76. The smallest absolute Gasteiger partial charge is 0.332 e. The molecule has 1 aliphatic heterocycles. The van der Waals surface area contributed by atoms with E-state index in [0.29, 0.717) is 0 Å². The Bertz CT molecular complexity index is 130. The number of carbonyl (C=O) groups is 1. The van der Waals surface area contributed by atoms with Gasteiger partial charge in [0.25, 0.3) is 0 Å². The molecule has 3 nitrogen and oxygen atoms in total. The predicted molar refractivity (Wildman–Crippen MR) is 28.1 cm³/mol. The largest absolute Gasteiger partial charge is 0.440 e. The van der Waals surface area contributed by atoms with E-state index in [2.05, 4.69) is 10.1 Å². The van der Waals surface area contributed by atoms with Gasteiger partial charge in [-0.2, -0.15) is 0 Å². The number of likely N-dealkylation sites (N-methyl/N-ethyl adjacent to an activating group) is 1. The minimum atomic E-state index is -0.274. The molecule has 0 aliphatic carbocycles. The van der Waals surface area contributed by atoms with Gasteiger partial charge in [0, 0.05) is 6.08 Å². The van der Waals surface area contributed by atoms with Crippen LogP contribution in [0.5, 0.6) is 0 Å². The standard InChI is InChI=1S/C5H7NO2/c1-6-4-2-3-5(7)8-4/h2-4,6H,1H3/t4-/m1/s1. The summed E-state index contributed by atoms with van der Waals surface area (Å²) in [4.78, 5) is 10.3. The minimum absolute atomic E-state index is 0.206. The molecule has 1 aliphatic rings. The van der Waals surface area contributed by atoms with Gasteiger partial charge in [-0.3, -0.25) is 5.32 Å². The maximum atomic E-state index is 10.3. The molecular weight excluding hydrogens is 106 g/mol. The molecule has 0 spiro atoms. The van der Waals surface area contributed by atoms with Crippen LogP contribution in [0.2, 0.25) is 0 Å². The van der Waals surface area contributed by atoms with E-state index < -0.39 is 0 Å². The molecule has 0 saturated carbocycles. The fourth-order valence-electron chi connectivity index (χ4n) is 0.525. The Morgan fingerprint density at radius 3 is 2.88 bits per heavy atom. The van der Waals surface area contributed by atoms with E-state index >= 15 is 0 Å². The molecule has 0 aromatic carbocycles. The fraction of sp³-hybridized carbons (Fsp3) is 0.400. The van der Waals surface area contributed by atoms with Crippen LogP contribution in [0.3, 0.4) is 0 Å². The van der Waals surface area contributed by atoms with E-state index in [0.717, 1.165) is 0 Å². The van der Waals surface area contributed by atoms with Gasteiger partial charge in [-0.25, -0.2) is 4.79 Å². The second-order valence-corrected chi connectivity index (χ2v) is 1.51. The highest BCUT2D eigenvalue weighted by Crippen LogP contribution is 1.99. The number of rotatable bonds is 1. The average Bonchev–Trinajstić information content (AvgIpc) is 2.14. The second-order valence-electron chi connectivity index (χ2n) is 1.51. The van der Waals surface area contributed by atoms with Crippen molar-refractivity contribution in [1.82, 2.24) is 5.32 Å². The number of esters is 1. The number of cyclic esters (lactones) is 1.